The van der Waals surface area contributed by atoms with Gasteiger partial charge in [-0.3, -0.25) is 10.1 Å². The van der Waals surface area contributed by atoms with E-state index in [9.17, 15) is 4.79 Å². The molecule has 0 saturated carbocycles. The summed E-state index contributed by atoms with van der Waals surface area (Å²) in [5.74, 6) is -0.0971. The molecule has 0 radical (unpaired) electrons. The quantitative estimate of drug-likeness (QED) is 0.651. The van der Waals surface area contributed by atoms with E-state index in [1.165, 1.54) is 22.7 Å². The van der Waals surface area contributed by atoms with E-state index >= 15 is 0 Å². The largest absolute Gasteiger partial charge is 0.297 e. The molecule has 2 heterocycles. The second-order valence-corrected chi connectivity index (χ2v) is 8.64. The fourth-order valence-corrected chi connectivity index (χ4v) is 4.31. The Kier molecular flexibility index (Phi) is 4.56. The monoisotopic (exact) mass is 356 g/mol. The van der Waals surface area contributed by atoms with E-state index in [0.717, 1.165) is 21.7 Å². The number of thiophene rings is 1. The van der Waals surface area contributed by atoms with E-state index in [-0.39, 0.29) is 11.3 Å². The molecule has 0 atom stereocenters. The third kappa shape index (κ3) is 3.57. The van der Waals surface area contributed by atoms with Crippen LogP contribution in [0.1, 0.15) is 41.7 Å². The highest BCUT2D eigenvalue weighted by Crippen LogP contribution is 2.33. The maximum absolute atomic E-state index is 12.5. The van der Waals surface area contributed by atoms with Crippen molar-refractivity contribution < 1.29 is 4.79 Å². The normalized spacial score (nSPS) is 11.5. The highest BCUT2D eigenvalue weighted by molar-refractivity contribution is 7.18. The van der Waals surface area contributed by atoms with E-state index < -0.39 is 0 Å². The van der Waals surface area contributed by atoms with Gasteiger partial charge < -0.3 is 0 Å². The van der Waals surface area contributed by atoms with E-state index in [1.807, 2.05) is 36.6 Å². The first-order chi connectivity index (χ1) is 11.3. The number of carbonyl (C=O) groups excluding carboxylic acids is 1. The van der Waals surface area contributed by atoms with Gasteiger partial charge in [0.05, 0.1) is 10.6 Å². The van der Waals surface area contributed by atoms with Gasteiger partial charge >= 0.3 is 0 Å². The number of hydrogen-bond acceptors (Lipinski definition) is 4. The molecule has 1 aromatic carbocycles. The summed E-state index contributed by atoms with van der Waals surface area (Å²) in [6.45, 7) is 8.38. The van der Waals surface area contributed by atoms with Crippen LogP contribution in [0.3, 0.4) is 0 Å². The van der Waals surface area contributed by atoms with Crippen molar-refractivity contribution in [2.75, 3.05) is 5.32 Å². The summed E-state index contributed by atoms with van der Waals surface area (Å²) >= 11 is 2.99. The van der Waals surface area contributed by atoms with E-state index in [2.05, 4.69) is 43.2 Å². The maximum atomic E-state index is 12.5. The van der Waals surface area contributed by atoms with Gasteiger partial charge in [0.2, 0.25) is 0 Å². The topological polar surface area (TPSA) is 42.0 Å². The Morgan fingerprint density at radius 2 is 1.88 bits per heavy atom. The highest BCUT2D eigenvalue weighted by atomic mass is 32.1. The summed E-state index contributed by atoms with van der Waals surface area (Å²) < 4.78 is 0. The molecule has 0 aliphatic carbocycles. The van der Waals surface area contributed by atoms with Gasteiger partial charge in [-0.2, -0.15) is 0 Å². The zero-order valence-corrected chi connectivity index (χ0v) is 15.8. The fraction of sp³-hybridized carbons (Fsp3) is 0.263. The van der Waals surface area contributed by atoms with Crippen LogP contribution in [0.25, 0.3) is 10.4 Å². The molecule has 3 rings (SSSR count). The maximum Gasteiger partial charge on any atom is 0.267 e. The Hall–Kier alpha value is -1.98. The van der Waals surface area contributed by atoms with Crippen LogP contribution in [0.4, 0.5) is 5.13 Å². The number of thiazole rings is 1. The second-order valence-electron chi connectivity index (χ2n) is 6.73. The first kappa shape index (κ1) is 16.9. The molecule has 0 spiro atoms. The molecule has 0 aliphatic rings. The van der Waals surface area contributed by atoms with Crippen molar-refractivity contribution in [2.45, 2.75) is 33.1 Å². The number of anilines is 1. The lowest BCUT2D eigenvalue weighted by molar-refractivity contribution is 0.103. The van der Waals surface area contributed by atoms with Gasteiger partial charge in [0.15, 0.2) is 5.13 Å². The van der Waals surface area contributed by atoms with Crippen LogP contribution in [-0.4, -0.2) is 10.9 Å². The van der Waals surface area contributed by atoms with Crippen LogP contribution in [-0.2, 0) is 5.41 Å². The lowest BCUT2D eigenvalue weighted by atomic mass is 9.93. The third-order valence-electron chi connectivity index (χ3n) is 3.67. The van der Waals surface area contributed by atoms with Gasteiger partial charge in [0.25, 0.3) is 5.91 Å². The molecule has 3 nitrogen and oxygen atoms in total. The summed E-state index contributed by atoms with van der Waals surface area (Å²) in [6, 6.07) is 12.1. The lowest BCUT2D eigenvalue weighted by Gasteiger charge is -2.14. The molecule has 0 aliphatic heterocycles. The Balaban J connectivity index is 1.80. The van der Waals surface area contributed by atoms with Crippen molar-refractivity contribution in [3.8, 4) is 10.4 Å². The molecule has 124 valence electrons. The Labute approximate surface area is 150 Å². The minimum absolute atomic E-state index is 0.0144. The van der Waals surface area contributed by atoms with Crippen LogP contribution in [0.15, 0.2) is 41.8 Å². The van der Waals surface area contributed by atoms with Gasteiger partial charge in [-0.1, -0.05) is 51.1 Å². The number of benzene rings is 1. The number of carbonyl (C=O) groups is 1. The average molecular weight is 357 g/mol. The van der Waals surface area contributed by atoms with Gasteiger partial charge in [-0.05, 0) is 24.1 Å². The summed E-state index contributed by atoms with van der Waals surface area (Å²) in [5, 5.41) is 5.58. The molecule has 2 aromatic heterocycles. The molecular formula is C19H20N2OS2. The highest BCUT2D eigenvalue weighted by Gasteiger charge is 2.19. The summed E-state index contributed by atoms with van der Waals surface area (Å²) in [7, 11) is 0. The number of nitrogens with zero attached hydrogens (tertiary/aromatic N) is 1. The molecular weight excluding hydrogens is 336 g/mol. The summed E-state index contributed by atoms with van der Waals surface area (Å²) in [5.41, 5.74) is 3.24. The molecule has 24 heavy (non-hydrogen) atoms. The van der Waals surface area contributed by atoms with Gasteiger partial charge in [-0.15, -0.1) is 22.7 Å². The Bertz CT molecular complexity index is 857. The van der Waals surface area contributed by atoms with E-state index in [0.29, 0.717) is 10.0 Å². The lowest BCUT2D eigenvalue weighted by Crippen LogP contribution is -2.13. The third-order valence-corrected chi connectivity index (χ3v) is 5.71. The van der Waals surface area contributed by atoms with Crippen molar-refractivity contribution in [3.05, 3.63) is 57.9 Å². The van der Waals surface area contributed by atoms with Crippen molar-refractivity contribution in [3.63, 3.8) is 0 Å². The number of nitrogens with one attached hydrogen (secondary N) is 1. The predicted molar refractivity (Wildman–Crippen MR) is 103 cm³/mol. The molecule has 0 fully saturated rings. The van der Waals surface area contributed by atoms with Crippen LogP contribution in [0.2, 0.25) is 0 Å². The summed E-state index contributed by atoms with van der Waals surface area (Å²) in [4.78, 5) is 18.9. The summed E-state index contributed by atoms with van der Waals surface area (Å²) in [6.07, 6.45) is 0. The number of aromatic nitrogens is 1. The van der Waals surface area contributed by atoms with E-state index in [1.54, 1.807) is 0 Å². The first-order valence-electron chi connectivity index (χ1n) is 7.78. The second kappa shape index (κ2) is 6.49. The van der Waals surface area contributed by atoms with Gasteiger partial charge in [0, 0.05) is 15.7 Å². The molecule has 5 heteroatoms. The molecule has 1 N–H and O–H groups in total. The smallest absolute Gasteiger partial charge is 0.267 e. The standard InChI is InChI=1S/C19H20N2OS2/c1-12-10-14(24-16(12)13-8-6-5-7-9-13)17(22)21-18-20-15(11-23-18)19(2,3)4/h5-11H,1-4H3,(H,20,21,22). The number of aryl methyl sites for hydroxylation is 1. The average Bonchev–Trinajstić information content (AvgIpc) is 3.14. The number of rotatable bonds is 3. The Morgan fingerprint density at radius 1 is 1.17 bits per heavy atom. The molecule has 0 unspecified atom stereocenters. The SMILES string of the molecule is Cc1cc(C(=O)Nc2nc(C(C)(C)C)cs2)sc1-c1ccccc1. The van der Waals surface area contributed by atoms with Crippen LogP contribution < -0.4 is 5.32 Å². The molecule has 0 saturated heterocycles. The molecule has 0 bridgehead atoms. The zero-order valence-electron chi connectivity index (χ0n) is 14.2. The fourth-order valence-electron chi connectivity index (χ4n) is 2.30. The number of hydrogen-bond donors (Lipinski definition) is 1. The first-order valence-corrected chi connectivity index (χ1v) is 9.47. The predicted octanol–water partition coefficient (Wildman–Crippen LogP) is 5.73. The van der Waals surface area contributed by atoms with E-state index in [4.69, 9.17) is 0 Å². The van der Waals surface area contributed by atoms with Gasteiger partial charge in [0.1, 0.15) is 0 Å². The van der Waals surface area contributed by atoms with Crippen molar-refractivity contribution in [2.24, 2.45) is 0 Å². The zero-order chi connectivity index (χ0) is 17.3. The van der Waals surface area contributed by atoms with Gasteiger partial charge in [-0.25, -0.2) is 4.98 Å². The van der Waals surface area contributed by atoms with Crippen molar-refractivity contribution in [1.29, 1.82) is 0 Å². The van der Waals surface area contributed by atoms with Crippen molar-refractivity contribution >= 4 is 33.7 Å². The Morgan fingerprint density at radius 3 is 2.50 bits per heavy atom. The minimum Gasteiger partial charge on any atom is -0.297 e. The van der Waals surface area contributed by atoms with Crippen LogP contribution in [0.5, 0.6) is 0 Å². The minimum atomic E-state index is -0.0971. The molecule has 1 amide bonds. The van der Waals surface area contributed by atoms with Crippen LogP contribution in [0, 0.1) is 6.92 Å². The van der Waals surface area contributed by atoms with Crippen LogP contribution >= 0.6 is 22.7 Å². The molecule has 3 aromatic rings. The number of amides is 1. The van der Waals surface area contributed by atoms with Crippen molar-refractivity contribution in [1.82, 2.24) is 4.98 Å².